The Morgan fingerprint density at radius 3 is 2.54 bits per heavy atom. The SMILES string of the molecule is CCc1cccc(CC)c1-n1nc2c(c1-c1cc(F)c(CO)c3[nH]ccc13)CN(c1ncc(C(=O)OC)cn1)CC2. The Kier molecular flexibility index (Phi) is 7.00. The van der Waals surface area contributed by atoms with Crippen LogP contribution in [0.1, 0.15) is 52.2 Å². The molecule has 0 atom stereocenters. The molecule has 5 aromatic rings. The van der Waals surface area contributed by atoms with Crippen molar-refractivity contribution in [3.63, 3.8) is 0 Å². The molecule has 0 unspecified atom stereocenters. The number of halogens is 1. The molecule has 3 aromatic heterocycles. The molecular weight excluding hydrogens is 523 g/mol. The number of carbonyl (C=O) groups excluding carboxylic acids is 1. The summed E-state index contributed by atoms with van der Waals surface area (Å²) in [5, 5.41) is 15.9. The highest BCUT2D eigenvalue weighted by molar-refractivity contribution is 5.97. The highest BCUT2D eigenvalue weighted by Gasteiger charge is 2.30. The summed E-state index contributed by atoms with van der Waals surface area (Å²) in [5.41, 5.74) is 7.80. The van der Waals surface area contributed by atoms with Crippen molar-refractivity contribution >= 4 is 22.8 Å². The van der Waals surface area contributed by atoms with Crippen molar-refractivity contribution in [2.45, 2.75) is 46.3 Å². The molecule has 0 saturated heterocycles. The number of H-pyrrole nitrogens is 1. The fraction of sp³-hybridized carbons (Fsp3) is 0.290. The van der Waals surface area contributed by atoms with Gasteiger partial charge in [-0.15, -0.1) is 0 Å². The van der Waals surface area contributed by atoms with Gasteiger partial charge >= 0.3 is 5.97 Å². The summed E-state index contributed by atoms with van der Waals surface area (Å²) in [6.07, 6.45) is 6.96. The first-order valence-electron chi connectivity index (χ1n) is 13.8. The number of fused-ring (bicyclic) bond motifs is 2. The Morgan fingerprint density at radius 1 is 1.15 bits per heavy atom. The smallest absolute Gasteiger partial charge is 0.341 e. The number of hydrogen-bond acceptors (Lipinski definition) is 7. The first-order chi connectivity index (χ1) is 20.0. The minimum atomic E-state index is -0.494. The molecule has 1 aliphatic rings. The highest BCUT2D eigenvalue weighted by Crippen LogP contribution is 2.40. The van der Waals surface area contributed by atoms with Crippen LogP contribution in [-0.4, -0.2) is 49.5 Å². The van der Waals surface area contributed by atoms with Crippen LogP contribution in [0.4, 0.5) is 10.3 Å². The van der Waals surface area contributed by atoms with Crippen LogP contribution >= 0.6 is 0 Å². The van der Waals surface area contributed by atoms with Gasteiger partial charge in [-0.05, 0) is 36.1 Å². The van der Waals surface area contributed by atoms with Crippen molar-refractivity contribution in [2.75, 3.05) is 18.6 Å². The van der Waals surface area contributed by atoms with E-state index in [1.807, 2.05) is 15.6 Å². The van der Waals surface area contributed by atoms with E-state index < -0.39 is 18.4 Å². The second-order valence-corrected chi connectivity index (χ2v) is 10.1. The number of aryl methyl sites for hydroxylation is 2. The van der Waals surface area contributed by atoms with Gasteiger partial charge in [-0.2, -0.15) is 5.10 Å². The van der Waals surface area contributed by atoms with Crippen LogP contribution in [0.3, 0.4) is 0 Å². The van der Waals surface area contributed by atoms with Crippen LogP contribution in [0, 0.1) is 5.82 Å². The largest absolute Gasteiger partial charge is 0.465 e. The maximum Gasteiger partial charge on any atom is 0.341 e. The maximum atomic E-state index is 15.5. The third-order valence-electron chi connectivity index (χ3n) is 7.86. The van der Waals surface area contributed by atoms with E-state index >= 15 is 4.39 Å². The Balaban J connectivity index is 1.57. The molecule has 0 saturated carbocycles. The van der Waals surface area contributed by atoms with Crippen molar-refractivity contribution < 1.29 is 19.0 Å². The fourth-order valence-electron chi connectivity index (χ4n) is 5.78. The number of hydrogen-bond donors (Lipinski definition) is 2. The highest BCUT2D eigenvalue weighted by atomic mass is 19.1. The van der Waals surface area contributed by atoms with Crippen molar-refractivity contribution in [2.24, 2.45) is 0 Å². The van der Waals surface area contributed by atoms with Crippen LogP contribution in [-0.2, 0) is 37.2 Å². The minimum absolute atomic E-state index is 0.234. The van der Waals surface area contributed by atoms with Crippen LogP contribution in [0.15, 0.2) is 48.9 Å². The monoisotopic (exact) mass is 554 g/mol. The van der Waals surface area contributed by atoms with Crippen molar-refractivity contribution in [1.82, 2.24) is 24.7 Å². The van der Waals surface area contributed by atoms with Gasteiger partial charge in [-0.3, -0.25) is 0 Å². The van der Waals surface area contributed by atoms with E-state index in [9.17, 15) is 9.90 Å². The predicted molar refractivity (Wildman–Crippen MR) is 154 cm³/mol. The summed E-state index contributed by atoms with van der Waals surface area (Å²) < 4.78 is 22.3. The molecule has 9 nitrogen and oxygen atoms in total. The molecule has 2 N–H and O–H groups in total. The van der Waals surface area contributed by atoms with E-state index in [2.05, 4.69) is 47.0 Å². The average Bonchev–Trinajstić information content (AvgIpc) is 3.65. The zero-order valence-corrected chi connectivity index (χ0v) is 23.2. The van der Waals surface area contributed by atoms with Crippen molar-refractivity contribution in [3.8, 4) is 16.9 Å². The molecule has 210 valence electrons. The lowest BCUT2D eigenvalue weighted by Crippen LogP contribution is -2.31. The van der Waals surface area contributed by atoms with Gasteiger partial charge in [-0.25, -0.2) is 23.8 Å². The molecule has 1 aliphatic heterocycles. The molecule has 2 aromatic carbocycles. The lowest BCUT2D eigenvalue weighted by Gasteiger charge is -2.27. The predicted octanol–water partition coefficient (Wildman–Crippen LogP) is 4.92. The number of anilines is 1. The topological polar surface area (TPSA) is 109 Å². The van der Waals surface area contributed by atoms with Gasteiger partial charge in [0.25, 0.3) is 0 Å². The van der Waals surface area contributed by atoms with Gasteiger partial charge < -0.3 is 19.7 Å². The molecule has 0 bridgehead atoms. The summed E-state index contributed by atoms with van der Waals surface area (Å²) in [4.78, 5) is 25.9. The third kappa shape index (κ3) is 4.44. The number of benzene rings is 2. The number of aliphatic hydroxyl groups excluding tert-OH is 1. The number of para-hydroxylation sites is 1. The van der Waals surface area contributed by atoms with Gasteiger partial charge in [0.15, 0.2) is 0 Å². The fourth-order valence-corrected chi connectivity index (χ4v) is 5.78. The lowest BCUT2D eigenvalue weighted by atomic mass is 9.96. The zero-order chi connectivity index (χ0) is 28.7. The number of esters is 1. The second kappa shape index (κ2) is 10.8. The summed E-state index contributed by atoms with van der Waals surface area (Å²) in [7, 11) is 1.32. The van der Waals surface area contributed by atoms with Crippen molar-refractivity contribution in [1.29, 1.82) is 0 Å². The first kappa shape index (κ1) is 26.6. The standard InChI is InChI=1S/C31H31FN6O3/c1-4-18-7-6-8-19(5-2)28(18)38-29(22-13-25(32)24(17-39)27-21(22)9-11-33-27)23-16-37(12-10-26(23)36-38)31-34-14-20(15-35-31)30(40)41-3/h6-9,11,13-15,33,39H,4-5,10,12,16-17H2,1-3H3. The first-order valence-corrected chi connectivity index (χ1v) is 13.8. The van der Waals surface area contributed by atoms with E-state index in [0.717, 1.165) is 52.0 Å². The summed E-state index contributed by atoms with van der Waals surface area (Å²) in [6.45, 7) is 4.92. The molecule has 0 fully saturated rings. The number of nitrogens with one attached hydrogen (secondary N) is 1. The zero-order valence-electron chi connectivity index (χ0n) is 23.2. The van der Waals surface area contributed by atoms with E-state index in [1.165, 1.54) is 25.6 Å². The van der Waals surface area contributed by atoms with Crippen LogP contribution < -0.4 is 4.90 Å². The number of nitrogens with zero attached hydrogens (tertiary/aromatic N) is 5. The lowest BCUT2D eigenvalue weighted by molar-refractivity contribution is 0.0599. The minimum Gasteiger partial charge on any atom is -0.465 e. The van der Waals surface area contributed by atoms with Gasteiger partial charge in [0.05, 0.1) is 41.9 Å². The normalized spacial score (nSPS) is 13.0. The van der Waals surface area contributed by atoms with Crippen molar-refractivity contribution in [3.05, 3.63) is 88.3 Å². The summed E-state index contributed by atoms with van der Waals surface area (Å²) in [5.74, 6) is -0.488. The number of aliphatic hydroxyl groups is 1. The number of carbonyl (C=O) groups is 1. The Morgan fingerprint density at radius 2 is 1.88 bits per heavy atom. The van der Waals surface area contributed by atoms with E-state index in [1.54, 1.807) is 6.20 Å². The number of rotatable bonds is 7. The average molecular weight is 555 g/mol. The Hall–Kier alpha value is -4.57. The molecule has 10 heteroatoms. The number of aromatic amines is 1. The molecule has 0 amide bonds. The van der Waals surface area contributed by atoms with Gasteiger partial charge in [0.2, 0.25) is 5.95 Å². The van der Waals surface area contributed by atoms with Crippen LogP contribution in [0.5, 0.6) is 0 Å². The summed E-state index contributed by atoms with van der Waals surface area (Å²) >= 11 is 0. The quantitative estimate of drug-likeness (QED) is 0.275. The van der Waals surface area contributed by atoms with Gasteiger partial charge in [-0.1, -0.05) is 32.0 Å². The van der Waals surface area contributed by atoms with Crippen LogP contribution in [0.25, 0.3) is 27.8 Å². The maximum absolute atomic E-state index is 15.5. The molecule has 4 heterocycles. The number of methoxy groups -OCH3 is 1. The van der Waals surface area contributed by atoms with Gasteiger partial charge in [0.1, 0.15) is 5.82 Å². The molecule has 0 spiro atoms. The van der Waals surface area contributed by atoms with E-state index in [4.69, 9.17) is 9.84 Å². The third-order valence-corrected chi connectivity index (χ3v) is 7.86. The molecule has 6 rings (SSSR count). The van der Waals surface area contributed by atoms with E-state index in [0.29, 0.717) is 36.5 Å². The Labute approximate surface area is 236 Å². The molecular formula is C31H31FN6O3. The second-order valence-electron chi connectivity index (χ2n) is 10.1. The Bertz CT molecular complexity index is 1740. The van der Waals surface area contributed by atoms with Gasteiger partial charge in [0, 0.05) is 60.2 Å². The molecule has 41 heavy (non-hydrogen) atoms. The summed E-state index contributed by atoms with van der Waals surface area (Å²) in [6, 6.07) is 9.72. The molecule has 0 radical (unpaired) electrons. The van der Waals surface area contributed by atoms with Crippen LogP contribution in [0.2, 0.25) is 0 Å². The number of ether oxygens (including phenoxy) is 1. The van der Waals surface area contributed by atoms with E-state index in [-0.39, 0.29) is 11.1 Å². The number of aromatic nitrogens is 5. The molecule has 0 aliphatic carbocycles.